The van der Waals surface area contributed by atoms with Crippen LogP contribution in [-0.2, 0) is 0 Å². The minimum absolute atomic E-state index is 0.425. The van der Waals surface area contributed by atoms with Crippen molar-refractivity contribution in [1.82, 2.24) is 5.32 Å². The number of hydrogen-bond donors (Lipinski definition) is 2. The molecule has 0 aromatic heterocycles. The molecule has 2 rings (SSSR count). The first-order valence-corrected chi connectivity index (χ1v) is 6.19. The number of nitrogens with two attached hydrogens (primary N) is 1. The van der Waals surface area contributed by atoms with Gasteiger partial charge in [0.15, 0.2) is 0 Å². The molecule has 1 aromatic carbocycles. The van der Waals surface area contributed by atoms with Crippen LogP contribution in [0, 0.1) is 5.92 Å². The number of benzene rings is 1. The maximum Gasteiger partial charge on any atom is 0.0923 e. The molecular weight excluding hydrogens is 257 g/mol. The number of nitrogens with zero attached hydrogens (tertiary/aromatic N) is 1. The molecule has 0 saturated carbocycles. The molecule has 1 atom stereocenters. The van der Waals surface area contributed by atoms with Crippen molar-refractivity contribution >= 4 is 28.9 Å². The monoisotopic (exact) mass is 271 g/mol. The van der Waals surface area contributed by atoms with Crippen LogP contribution in [0.15, 0.2) is 30.1 Å². The van der Waals surface area contributed by atoms with Crippen LogP contribution in [0.3, 0.4) is 0 Å². The van der Waals surface area contributed by atoms with Gasteiger partial charge in [-0.15, -0.1) is 0 Å². The summed E-state index contributed by atoms with van der Waals surface area (Å²) in [6, 6.07) is 5.65. The average Bonchev–Trinajstić information content (AvgIpc) is 2.68. The average molecular weight is 272 g/mol. The third-order valence-corrected chi connectivity index (χ3v) is 3.57. The first-order valence-electron chi connectivity index (χ1n) is 5.43. The molecule has 3 nitrogen and oxygen atoms in total. The molecule has 0 radical (unpaired) electrons. The largest absolute Gasteiger partial charge is 0.386 e. The van der Waals surface area contributed by atoms with E-state index in [1.165, 1.54) is 0 Å². The quantitative estimate of drug-likeness (QED) is 0.888. The molecule has 0 bridgehead atoms. The van der Waals surface area contributed by atoms with Gasteiger partial charge in [-0.1, -0.05) is 23.2 Å². The number of hydrogen-bond acceptors (Lipinski definition) is 3. The third-order valence-electron chi connectivity index (χ3n) is 2.84. The molecule has 0 unspecified atom stereocenters. The van der Waals surface area contributed by atoms with Gasteiger partial charge in [0.2, 0.25) is 0 Å². The predicted octanol–water partition coefficient (Wildman–Crippen LogP) is 2.45. The number of nitrogens with one attached hydrogen (secondary N) is 1. The molecule has 0 spiro atoms. The Morgan fingerprint density at radius 3 is 2.76 bits per heavy atom. The molecule has 92 valence electrons. The summed E-state index contributed by atoms with van der Waals surface area (Å²) < 4.78 is 0. The number of anilines is 1. The van der Waals surface area contributed by atoms with Crippen LogP contribution in [0.1, 0.15) is 0 Å². The zero-order chi connectivity index (χ0) is 12.4. The van der Waals surface area contributed by atoms with E-state index >= 15 is 0 Å². The fraction of sp³-hybridized carbons (Fsp3) is 0.333. The summed E-state index contributed by atoms with van der Waals surface area (Å²) in [5.74, 6) is 1.19. The van der Waals surface area contributed by atoms with Gasteiger partial charge < -0.3 is 16.0 Å². The summed E-state index contributed by atoms with van der Waals surface area (Å²) >= 11 is 11.9. The molecule has 1 aromatic rings. The normalized spacial score (nSPS) is 18.8. The van der Waals surface area contributed by atoms with Crippen LogP contribution in [0.2, 0.25) is 10.0 Å². The highest BCUT2D eigenvalue weighted by atomic mass is 35.5. The minimum Gasteiger partial charge on any atom is -0.386 e. The molecular formula is C12H15Cl2N3. The number of halogens is 2. The van der Waals surface area contributed by atoms with Gasteiger partial charge in [-0.25, -0.2) is 0 Å². The van der Waals surface area contributed by atoms with Gasteiger partial charge in [0.1, 0.15) is 0 Å². The minimum atomic E-state index is 0.425. The topological polar surface area (TPSA) is 41.3 Å². The molecule has 17 heavy (non-hydrogen) atoms. The second-order valence-corrected chi connectivity index (χ2v) is 5.06. The maximum absolute atomic E-state index is 5.99. The predicted molar refractivity (Wildman–Crippen MR) is 73.5 cm³/mol. The second-order valence-electron chi connectivity index (χ2n) is 4.24. The smallest absolute Gasteiger partial charge is 0.0923 e. The molecule has 1 aliphatic rings. The van der Waals surface area contributed by atoms with Crippen LogP contribution in [-0.4, -0.2) is 20.1 Å². The lowest BCUT2D eigenvalue weighted by atomic mass is 10.1. The van der Waals surface area contributed by atoms with E-state index in [1.807, 2.05) is 31.3 Å². The Labute approximate surface area is 111 Å². The number of rotatable bonds is 3. The van der Waals surface area contributed by atoms with Crippen LogP contribution in [0.5, 0.6) is 0 Å². The Balaban J connectivity index is 2.04. The van der Waals surface area contributed by atoms with Crippen molar-refractivity contribution in [2.45, 2.75) is 0 Å². The molecule has 3 N–H and O–H groups in total. The Hall–Kier alpha value is -1.06. The van der Waals surface area contributed by atoms with Crippen molar-refractivity contribution in [3.63, 3.8) is 0 Å². The third kappa shape index (κ3) is 2.99. The van der Waals surface area contributed by atoms with Crippen molar-refractivity contribution in [3.8, 4) is 0 Å². The highest BCUT2D eigenvalue weighted by molar-refractivity contribution is 6.42. The van der Waals surface area contributed by atoms with E-state index in [2.05, 4.69) is 10.2 Å². The first-order chi connectivity index (χ1) is 8.06. The van der Waals surface area contributed by atoms with Gasteiger partial charge in [-0.05, 0) is 24.3 Å². The highest BCUT2D eigenvalue weighted by Crippen LogP contribution is 2.27. The lowest BCUT2D eigenvalue weighted by Gasteiger charge is -2.22. The van der Waals surface area contributed by atoms with Crippen molar-refractivity contribution in [3.05, 3.63) is 40.1 Å². The van der Waals surface area contributed by atoms with E-state index in [-0.39, 0.29) is 0 Å². The lowest BCUT2D eigenvalue weighted by Crippen LogP contribution is -2.27. The van der Waals surface area contributed by atoms with Crippen molar-refractivity contribution in [2.24, 2.45) is 11.7 Å². The Morgan fingerprint density at radius 1 is 1.41 bits per heavy atom. The summed E-state index contributed by atoms with van der Waals surface area (Å²) in [5, 5.41) is 4.27. The zero-order valence-corrected chi connectivity index (χ0v) is 11.1. The van der Waals surface area contributed by atoms with Crippen LogP contribution >= 0.6 is 23.2 Å². The SMILES string of the molecule is CN(C[C@@H]1C=C(N)NC1)c1ccc(Cl)c(Cl)c1. The summed E-state index contributed by atoms with van der Waals surface area (Å²) in [5.41, 5.74) is 6.73. The summed E-state index contributed by atoms with van der Waals surface area (Å²) in [7, 11) is 2.03. The first kappa shape index (κ1) is 12.4. The van der Waals surface area contributed by atoms with Gasteiger partial charge in [0.05, 0.1) is 15.9 Å². The van der Waals surface area contributed by atoms with E-state index in [1.54, 1.807) is 0 Å². The van der Waals surface area contributed by atoms with Crippen LogP contribution in [0.25, 0.3) is 0 Å². The Bertz CT molecular complexity index is 445. The fourth-order valence-corrected chi connectivity index (χ4v) is 2.21. The molecule has 0 amide bonds. The molecule has 0 aliphatic carbocycles. The highest BCUT2D eigenvalue weighted by Gasteiger charge is 2.15. The fourth-order valence-electron chi connectivity index (χ4n) is 1.92. The van der Waals surface area contributed by atoms with Crippen molar-refractivity contribution in [1.29, 1.82) is 0 Å². The standard InChI is InChI=1S/C12H15Cl2N3/c1-17(7-8-4-12(15)16-6-8)9-2-3-10(13)11(14)5-9/h2-5,8,16H,6-7,15H2,1H3/t8-/m1/s1. The zero-order valence-electron chi connectivity index (χ0n) is 9.58. The van der Waals surface area contributed by atoms with Gasteiger partial charge in [0.25, 0.3) is 0 Å². The summed E-state index contributed by atoms with van der Waals surface area (Å²) in [6.45, 7) is 1.78. The van der Waals surface area contributed by atoms with E-state index in [0.717, 1.165) is 24.6 Å². The molecule has 1 heterocycles. The van der Waals surface area contributed by atoms with Crippen LogP contribution in [0.4, 0.5) is 5.69 Å². The van der Waals surface area contributed by atoms with Gasteiger partial charge in [0, 0.05) is 31.7 Å². The summed E-state index contributed by atoms with van der Waals surface area (Å²) in [4.78, 5) is 2.14. The van der Waals surface area contributed by atoms with Gasteiger partial charge in [-0.2, -0.15) is 0 Å². The van der Waals surface area contributed by atoms with Crippen LogP contribution < -0.4 is 16.0 Å². The molecule has 0 fully saturated rings. The molecule has 5 heteroatoms. The van der Waals surface area contributed by atoms with Gasteiger partial charge in [-0.3, -0.25) is 0 Å². The lowest BCUT2D eigenvalue weighted by molar-refractivity contribution is 0.641. The van der Waals surface area contributed by atoms with E-state index < -0.39 is 0 Å². The van der Waals surface area contributed by atoms with Gasteiger partial charge >= 0.3 is 0 Å². The second kappa shape index (κ2) is 5.07. The molecule has 1 aliphatic heterocycles. The van der Waals surface area contributed by atoms with Crippen molar-refractivity contribution in [2.75, 3.05) is 25.0 Å². The van der Waals surface area contributed by atoms with E-state index in [0.29, 0.717) is 16.0 Å². The summed E-state index contributed by atoms with van der Waals surface area (Å²) in [6.07, 6.45) is 2.05. The Kier molecular flexibility index (Phi) is 3.69. The van der Waals surface area contributed by atoms with E-state index in [4.69, 9.17) is 28.9 Å². The molecule has 0 saturated heterocycles. The van der Waals surface area contributed by atoms with Crippen molar-refractivity contribution < 1.29 is 0 Å². The van der Waals surface area contributed by atoms with E-state index in [9.17, 15) is 0 Å². The maximum atomic E-state index is 5.99. The Morgan fingerprint density at radius 2 is 2.18 bits per heavy atom.